The summed E-state index contributed by atoms with van der Waals surface area (Å²) in [6.07, 6.45) is 0. The Hall–Kier alpha value is -2.36. The summed E-state index contributed by atoms with van der Waals surface area (Å²) in [6.45, 7) is 3.85. The van der Waals surface area contributed by atoms with Crippen molar-refractivity contribution in [2.75, 3.05) is 11.5 Å². The van der Waals surface area contributed by atoms with E-state index in [4.69, 9.17) is 21.7 Å². The summed E-state index contributed by atoms with van der Waals surface area (Å²) >= 11 is 0. The molecule has 0 saturated heterocycles. The summed E-state index contributed by atoms with van der Waals surface area (Å²) in [5, 5.41) is 17.8. The van der Waals surface area contributed by atoms with E-state index < -0.39 is 0 Å². The normalized spacial score (nSPS) is 9.44. The van der Waals surface area contributed by atoms with E-state index in [1.54, 1.807) is 24.3 Å². The molecule has 0 aromatic heterocycles. The van der Waals surface area contributed by atoms with Gasteiger partial charge in [0.15, 0.2) is 0 Å². The molecule has 2 aromatic carbocycles. The Bertz CT molecular complexity index is 490. The van der Waals surface area contributed by atoms with E-state index in [1.807, 2.05) is 26.0 Å². The van der Waals surface area contributed by atoms with Crippen molar-refractivity contribution in [3.8, 4) is 11.5 Å². The molecule has 18 heavy (non-hydrogen) atoms. The van der Waals surface area contributed by atoms with Crippen LogP contribution in [0.5, 0.6) is 11.5 Å². The average Bonchev–Trinajstić information content (AvgIpc) is 2.30. The van der Waals surface area contributed by atoms with Gasteiger partial charge in [0.25, 0.3) is 0 Å². The number of hydrogen-bond donors (Lipinski definition) is 4. The first-order valence-corrected chi connectivity index (χ1v) is 5.50. The molecule has 0 aliphatic heterocycles. The van der Waals surface area contributed by atoms with Crippen molar-refractivity contribution in [2.24, 2.45) is 0 Å². The minimum atomic E-state index is 0.153. The number of aromatic hydroxyl groups is 2. The summed E-state index contributed by atoms with van der Waals surface area (Å²) in [5.41, 5.74) is 13.7. The highest BCUT2D eigenvalue weighted by atomic mass is 16.3. The van der Waals surface area contributed by atoms with Crippen molar-refractivity contribution in [1.82, 2.24) is 0 Å². The van der Waals surface area contributed by atoms with E-state index in [0.717, 1.165) is 11.1 Å². The SMILES string of the molecule is Cc1ccc(O)c(N)c1.Cc1ccc(O)c(N)c1. The van der Waals surface area contributed by atoms with Crippen LogP contribution in [-0.2, 0) is 0 Å². The summed E-state index contributed by atoms with van der Waals surface area (Å²) in [5.74, 6) is 0.307. The molecule has 0 aliphatic rings. The second-order valence-corrected chi connectivity index (χ2v) is 4.12. The van der Waals surface area contributed by atoms with Crippen LogP contribution in [0.25, 0.3) is 0 Å². The summed E-state index contributed by atoms with van der Waals surface area (Å²) in [7, 11) is 0. The second-order valence-electron chi connectivity index (χ2n) is 4.12. The first kappa shape index (κ1) is 13.7. The number of rotatable bonds is 0. The lowest BCUT2D eigenvalue weighted by Gasteiger charge is -1.97. The lowest BCUT2D eigenvalue weighted by molar-refractivity contribution is 0.477. The Morgan fingerprint density at radius 2 is 1.06 bits per heavy atom. The Morgan fingerprint density at radius 3 is 1.28 bits per heavy atom. The van der Waals surface area contributed by atoms with Gasteiger partial charge in [-0.3, -0.25) is 0 Å². The van der Waals surface area contributed by atoms with Gasteiger partial charge < -0.3 is 21.7 Å². The zero-order chi connectivity index (χ0) is 13.7. The smallest absolute Gasteiger partial charge is 0.138 e. The fraction of sp³-hybridized carbons (Fsp3) is 0.143. The van der Waals surface area contributed by atoms with Crippen molar-refractivity contribution < 1.29 is 10.2 Å². The lowest BCUT2D eigenvalue weighted by atomic mass is 10.2. The van der Waals surface area contributed by atoms with Crippen molar-refractivity contribution in [3.05, 3.63) is 47.5 Å². The molecule has 0 radical (unpaired) electrons. The molecule has 2 rings (SSSR count). The molecule has 0 aliphatic carbocycles. The molecule has 2 aromatic rings. The third kappa shape index (κ3) is 3.90. The molecule has 0 amide bonds. The van der Waals surface area contributed by atoms with E-state index >= 15 is 0 Å². The molecular weight excluding hydrogens is 228 g/mol. The van der Waals surface area contributed by atoms with Gasteiger partial charge in [-0.25, -0.2) is 0 Å². The monoisotopic (exact) mass is 246 g/mol. The first-order valence-electron chi connectivity index (χ1n) is 5.50. The number of hydrogen-bond acceptors (Lipinski definition) is 4. The minimum Gasteiger partial charge on any atom is -0.506 e. The van der Waals surface area contributed by atoms with Gasteiger partial charge in [0, 0.05) is 0 Å². The number of nitrogen functional groups attached to an aromatic ring is 2. The molecule has 0 spiro atoms. The molecule has 4 heteroatoms. The Morgan fingerprint density at radius 1 is 0.722 bits per heavy atom. The molecule has 0 saturated carbocycles. The van der Waals surface area contributed by atoms with E-state index in [2.05, 4.69) is 0 Å². The molecule has 6 N–H and O–H groups in total. The van der Waals surface area contributed by atoms with Gasteiger partial charge in [0.05, 0.1) is 11.4 Å². The van der Waals surface area contributed by atoms with Crippen LogP contribution in [0.4, 0.5) is 11.4 Å². The largest absolute Gasteiger partial charge is 0.506 e. The maximum Gasteiger partial charge on any atom is 0.138 e. The van der Waals surface area contributed by atoms with Crippen LogP contribution in [0.15, 0.2) is 36.4 Å². The number of phenols is 2. The van der Waals surface area contributed by atoms with Crippen molar-refractivity contribution in [1.29, 1.82) is 0 Å². The first-order chi connectivity index (χ1) is 8.40. The fourth-order valence-corrected chi connectivity index (χ4v) is 1.35. The average molecular weight is 246 g/mol. The van der Waals surface area contributed by atoms with Gasteiger partial charge in [-0.15, -0.1) is 0 Å². The van der Waals surface area contributed by atoms with Crippen LogP contribution in [0.1, 0.15) is 11.1 Å². The van der Waals surface area contributed by atoms with Crippen LogP contribution in [-0.4, -0.2) is 10.2 Å². The molecule has 0 unspecified atom stereocenters. The number of anilines is 2. The third-order valence-electron chi connectivity index (χ3n) is 2.37. The van der Waals surface area contributed by atoms with E-state index in [9.17, 15) is 0 Å². The van der Waals surface area contributed by atoms with Crippen LogP contribution in [0, 0.1) is 13.8 Å². The van der Waals surface area contributed by atoms with Crippen LogP contribution in [0.3, 0.4) is 0 Å². The van der Waals surface area contributed by atoms with E-state index in [-0.39, 0.29) is 11.5 Å². The Balaban J connectivity index is 0.000000180. The maximum atomic E-state index is 8.92. The van der Waals surface area contributed by atoms with Gasteiger partial charge in [0.2, 0.25) is 0 Å². The lowest BCUT2D eigenvalue weighted by Crippen LogP contribution is -1.85. The quantitative estimate of drug-likeness (QED) is 0.424. The van der Waals surface area contributed by atoms with Crippen molar-refractivity contribution in [3.63, 3.8) is 0 Å². The predicted octanol–water partition coefficient (Wildman–Crippen LogP) is 2.57. The number of nitrogens with two attached hydrogens (primary N) is 2. The Kier molecular flexibility index (Phi) is 4.43. The fourth-order valence-electron chi connectivity index (χ4n) is 1.35. The highest BCUT2D eigenvalue weighted by Crippen LogP contribution is 2.19. The molecule has 0 fully saturated rings. The molecular formula is C14H18N2O2. The summed E-state index contributed by atoms with van der Waals surface area (Å²) < 4.78 is 0. The van der Waals surface area contributed by atoms with E-state index in [0.29, 0.717) is 11.4 Å². The highest BCUT2D eigenvalue weighted by molar-refractivity contribution is 5.53. The van der Waals surface area contributed by atoms with Gasteiger partial charge >= 0.3 is 0 Å². The standard InChI is InChI=1S/2C7H9NO/c2*1-5-2-3-7(9)6(8)4-5/h2*2-4,9H,8H2,1H3. The van der Waals surface area contributed by atoms with Gasteiger partial charge in [0.1, 0.15) is 11.5 Å². The minimum absolute atomic E-state index is 0.153. The maximum absolute atomic E-state index is 8.92. The topological polar surface area (TPSA) is 92.5 Å². The molecule has 0 atom stereocenters. The van der Waals surface area contributed by atoms with Crippen LogP contribution >= 0.6 is 0 Å². The third-order valence-corrected chi connectivity index (χ3v) is 2.37. The summed E-state index contributed by atoms with van der Waals surface area (Å²) in [4.78, 5) is 0. The van der Waals surface area contributed by atoms with Crippen LogP contribution < -0.4 is 11.5 Å². The van der Waals surface area contributed by atoms with Gasteiger partial charge in [-0.1, -0.05) is 12.1 Å². The summed E-state index contributed by atoms with van der Waals surface area (Å²) in [6, 6.07) is 10.3. The zero-order valence-electron chi connectivity index (χ0n) is 10.5. The highest BCUT2D eigenvalue weighted by Gasteiger charge is 1.93. The molecule has 4 nitrogen and oxygen atoms in total. The predicted molar refractivity (Wildman–Crippen MR) is 74.5 cm³/mol. The molecule has 0 bridgehead atoms. The van der Waals surface area contributed by atoms with Gasteiger partial charge in [-0.05, 0) is 49.2 Å². The number of benzene rings is 2. The van der Waals surface area contributed by atoms with Gasteiger partial charge in [-0.2, -0.15) is 0 Å². The molecule has 0 heterocycles. The second kappa shape index (κ2) is 5.82. The van der Waals surface area contributed by atoms with Crippen molar-refractivity contribution >= 4 is 11.4 Å². The van der Waals surface area contributed by atoms with Crippen molar-refractivity contribution in [2.45, 2.75) is 13.8 Å². The van der Waals surface area contributed by atoms with Crippen LogP contribution in [0.2, 0.25) is 0 Å². The Labute approximate surface area is 106 Å². The molecule has 96 valence electrons. The number of aryl methyl sites for hydroxylation is 2. The number of phenolic OH excluding ortho intramolecular Hbond substituents is 2. The van der Waals surface area contributed by atoms with E-state index in [1.165, 1.54) is 0 Å². The zero-order valence-corrected chi connectivity index (χ0v) is 10.5.